The predicted molar refractivity (Wildman–Crippen MR) is 93.3 cm³/mol. The van der Waals surface area contributed by atoms with Crippen LogP contribution in [0.2, 0.25) is 0 Å². The average molecular weight is 340 g/mol. The van der Waals surface area contributed by atoms with Crippen LogP contribution in [0.25, 0.3) is 0 Å². The van der Waals surface area contributed by atoms with E-state index in [-0.39, 0.29) is 24.1 Å². The summed E-state index contributed by atoms with van der Waals surface area (Å²) >= 11 is 0. The Morgan fingerprint density at radius 3 is 2.52 bits per heavy atom. The molecule has 0 spiro atoms. The van der Waals surface area contributed by atoms with Gasteiger partial charge in [-0.05, 0) is 18.1 Å². The number of ether oxygens (including phenoxy) is 1. The van der Waals surface area contributed by atoms with Crippen molar-refractivity contribution in [2.75, 3.05) is 19.7 Å². The van der Waals surface area contributed by atoms with E-state index < -0.39 is 4.92 Å². The molecule has 0 saturated carbocycles. The fourth-order valence-electron chi connectivity index (χ4n) is 2.88. The fourth-order valence-corrected chi connectivity index (χ4v) is 2.88. The second kappa shape index (κ2) is 7.44. The first-order chi connectivity index (χ1) is 12.0. The van der Waals surface area contributed by atoms with Gasteiger partial charge >= 0.3 is 0 Å². The number of rotatable bonds is 4. The highest BCUT2D eigenvalue weighted by Crippen LogP contribution is 2.23. The molecular weight excluding hydrogens is 320 g/mol. The van der Waals surface area contributed by atoms with Crippen molar-refractivity contribution in [3.63, 3.8) is 0 Å². The topological polar surface area (TPSA) is 72.7 Å². The Hall–Kier alpha value is -2.73. The molecule has 2 aromatic rings. The summed E-state index contributed by atoms with van der Waals surface area (Å²) in [6, 6.07) is 14.3. The van der Waals surface area contributed by atoms with Crippen LogP contribution >= 0.6 is 0 Å². The number of amides is 1. The molecule has 1 fully saturated rings. The summed E-state index contributed by atoms with van der Waals surface area (Å²) in [7, 11) is 0. The minimum atomic E-state index is -0.445. The van der Waals surface area contributed by atoms with Crippen LogP contribution in [0.4, 0.5) is 5.69 Å². The molecule has 0 radical (unpaired) electrons. The van der Waals surface area contributed by atoms with Crippen molar-refractivity contribution < 1.29 is 14.5 Å². The van der Waals surface area contributed by atoms with Crippen LogP contribution in [0.15, 0.2) is 48.5 Å². The summed E-state index contributed by atoms with van der Waals surface area (Å²) in [6.45, 7) is 3.62. The second-order valence-corrected chi connectivity index (χ2v) is 6.21. The van der Waals surface area contributed by atoms with Crippen LogP contribution in [0, 0.1) is 17.0 Å². The van der Waals surface area contributed by atoms with Crippen LogP contribution in [0.3, 0.4) is 0 Å². The Bertz CT molecular complexity index is 756. The summed E-state index contributed by atoms with van der Waals surface area (Å²) in [4.78, 5) is 24.6. The maximum Gasteiger partial charge on any atom is 0.269 e. The zero-order valence-electron chi connectivity index (χ0n) is 14.1. The van der Waals surface area contributed by atoms with Crippen molar-refractivity contribution in [2.45, 2.75) is 19.4 Å². The van der Waals surface area contributed by atoms with Crippen LogP contribution in [0.1, 0.15) is 22.8 Å². The molecule has 3 rings (SSSR count). The standard InChI is InChI=1S/C19H20N2O4/c1-14-2-6-16(7-3-14)18-13-20(10-11-25-18)19(22)12-15-4-8-17(9-5-15)21(23)24/h2-9,18H,10-13H2,1H3. The number of carbonyl (C=O) groups is 1. The Morgan fingerprint density at radius 2 is 1.88 bits per heavy atom. The maximum absolute atomic E-state index is 12.6. The average Bonchev–Trinajstić information content (AvgIpc) is 2.63. The van der Waals surface area contributed by atoms with E-state index >= 15 is 0 Å². The van der Waals surface area contributed by atoms with E-state index in [4.69, 9.17) is 4.74 Å². The quantitative estimate of drug-likeness (QED) is 0.633. The van der Waals surface area contributed by atoms with E-state index in [2.05, 4.69) is 0 Å². The molecular formula is C19H20N2O4. The van der Waals surface area contributed by atoms with Crippen molar-refractivity contribution in [3.05, 3.63) is 75.3 Å². The Balaban J connectivity index is 1.63. The molecule has 2 aromatic carbocycles. The number of hydrogen-bond acceptors (Lipinski definition) is 4. The molecule has 0 N–H and O–H groups in total. The molecule has 130 valence electrons. The van der Waals surface area contributed by atoms with Gasteiger partial charge in [0.25, 0.3) is 5.69 Å². The predicted octanol–water partition coefficient (Wildman–Crippen LogP) is 3.05. The number of aryl methyl sites for hydroxylation is 1. The lowest BCUT2D eigenvalue weighted by molar-refractivity contribution is -0.384. The van der Waals surface area contributed by atoms with Gasteiger partial charge < -0.3 is 9.64 Å². The smallest absolute Gasteiger partial charge is 0.269 e. The number of morpholine rings is 1. The molecule has 1 saturated heterocycles. The second-order valence-electron chi connectivity index (χ2n) is 6.21. The lowest BCUT2D eigenvalue weighted by atomic mass is 10.1. The SMILES string of the molecule is Cc1ccc(C2CN(C(=O)Cc3ccc([N+](=O)[O-])cc3)CCO2)cc1. The highest BCUT2D eigenvalue weighted by Gasteiger charge is 2.25. The van der Waals surface area contributed by atoms with Gasteiger partial charge in [-0.15, -0.1) is 0 Å². The third-order valence-corrected chi connectivity index (χ3v) is 4.37. The van der Waals surface area contributed by atoms with Crippen LogP contribution in [0.5, 0.6) is 0 Å². The van der Waals surface area contributed by atoms with E-state index in [1.807, 2.05) is 31.2 Å². The first kappa shape index (κ1) is 17.1. The molecule has 0 aromatic heterocycles. The van der Waals surface area contributed by atoms with E-state index in [1.165, 1.54) is 17.7 Å². The number of nitro groups is 1. The third-order valence-electron chi connectivity index (χ3n) is 4.37. The number of hydrogen-bond donors (Lipinski definition) is 0. The van der Waals surface area contributed by atoms with Crippen LogP contribution in [-0.2, 0) is 16.0 Å². The van der Waals surface area contributed by atoms with Crippen LogP contribution < -0.4 is 0 Å². The number of carbonyl (C=O) groups excluding carboxylic acids is 1. The third kappa shape index (κ3) is 4.22. The molecule has 1 unspecified atom stereocenters. The Morgan fingerprint density at radius 1 is 1.20 bits per heavy atom. The largest absolute Gasteiger partial charge is 0.370 e. The molecule has 1 heterocycles. The molecule has 1 atom stereocenters. The van der Waals surface area contributed by atoms with Gasteiger partial charge in [-0.25, -0.2) is 0 Å². The van der Waals surface area contributed by atoms with Crippen molar-refractivity contribution in [2.24, 2.45) is 0 Å². The monoisotopic (exact) mass is 340 g/mol. The minimum Gasteiger partial charge on any atom is -0.370 e. The minimum absolute atomic E-state index is 0.00858. The first-order valence-corrected chi connectivity index (χ1v) is 8.22. The van der Waals surface area contributed by atoms with Crippen molar-refractivity contribution in [1.82, 2.24) is 4.90 Å². The van der Waals surface area contributed by atoms with Gasteiger partial charge in [0.05, 0.1) is 24.5 Å². The molecule has 1 aliphatic heterocycles. The number of nitrogens with zero attached hydrogens (tertiary/aromatic N) is 2. The summed E-state index contributed by atoms with van der Waals surface area (Å²) in [5, 5.41) is 10.7. The van der Waals surface area contributed by atoms with Gasteiger partial charge in [-0.3, -0.25) is 14.9 Å². The van der Waals surface area contributed by atoms with Gasteiger partial charge in [0.1, 0.15) is 6.10 Å². The molecule has 25 heavy (non-hydrogen) atoms. The first-order valence-electron chi connectivity index (χ1n) is 8.22. The van der Waals surface area contributed by atoms with Crippen molar-refractivity contribution in [3.8, 4) is 0 Å². The lowest BCUT2D eigenvalue weighted by Gasteiger charge is -2.33. The fraction of sp³-hybridized carbons (Fsp3) is 0.316. The van der Waals surface area contributed by atoms with Gasteiger partial charge in [-0.1, -0.05) is 42.0 Å². The summed E-state index contributed by atoms with van der Waals surface area (Å²) in [6.07, 6.45) is 0.119. The van der Waals surface area contributed by atoms with Crippen LogP contribution in [-0.4, -0.2) is 35.4 Å². The normalized spacial score (nSPS) is 17.3. The Kier molecular flexibility index (Phi) is 5.09. The highest BCUT2D eigenvalue weighted by molar-refractivity contribution is 5.79. The van der Waals surface area contributed by atoms with Gasteiger partial charge in [0.15, 0.2) is 0 Å². The molecule has 0 aliphatic carbocycles. The summed E-state index contributed by atoms with van der Waals surface area (Å²) < 4.78 is 5.81. The molecule has 0 bridgehead atoms. The Labute approximate surface area is 146 Å². The lowest BCUT2D eigenvalue weighted by Crippen LogP contribution is -2.42. The maximum atomic E-state index is 12.6. The summed E-state index contributed by atoms with van der Waals surface area (Å²) in [5.41, 5.74) is 3.06. The van der Waals surface area contributed by atoms with E-state index in [1.54, 1.807) is 17.0 Å². The number of nitro benzene ring substituents is 1. The van der Waals surface area contributed by atoms with Gasteiger partial charge in [0, 0.05) is 18.7 Å². The van der Waals surface area contributed by atoms with Gasteiger partial charge in [-0.2, -0.15) is 0 Å². The zero-order chi connectivity index (χ0) is 17.8. The van der Waals surface area contributed by atoms with E-state index in [0.29, 0.717) is 19.7 Å². The van der Waals surface area contributed by atoms with Gasteiger partial charge in [0.2, 0.25) is 5.91 Å². The highest BCUT2D eigenvalue weighted by atomic mass is 16.6. The van der Waals surface area contributed by atoms with Crippen molar-refractivity contribution >= 4 is 11.6 Å². The molecule has 6 heteroatoms. The molecule has 1 amide bonds. The molecule has 1 aliphatic rings. The van der Waals surface area contributed by atoms with Crippen molar-refractivity contribution in [1.29, 1.82) is 0 Å². The zero-order valence-corrected chi connectivity index (χ0v) is 14.1. The van der Waals surface area contributed by atoms with E-state index in [0.717, 1.165) is 11.1 Å². The number of non-ortho nitro benzene ring substituents is 1. The molecule has 6 nitrogen and oxygen atoms in total. The summed E-state index contributed by atoms with van der Waals surface area (Å²) in [5.74, 6) is 0.00858. The number of benzene rings is 2. The van der Waals surface area contributed by atoms with E-state index in [9.17, 15) is 14.9 Å².